The summed E-state index contributed by atoms with van der Waals surface area (Å²) in [5, 5.41) is 0. The van der Waals surface area contributed by atoms with Crippen LogP contribution >= 0.6 is 0 Å². The van der Waals surface area contributed by atoms with Crippen molar-refractivity contribution in [2.45, 2.75) is 0 Å². The maximum Gasteiger partial charge on any atom is 0.144 e. The van der Waals surface area contributed by atoms with Crippen LogP contribution in [-0.4, -0.2) is 69.4 Å². The van der Waals surface area contributed by atoms with E-state index in [1.807, 2.05) is 0 Å². The van der Waals surface area contributed by atoms with Gasteiger partial charge in [0.1, 0.15) is 45.1 Å². The monoisotopic (exact) mass is 280 g/mol. The number of rotatable bonds is 4. The quantitative estimate of drug-likeness (QED) is 0.632. The van der Waals surface area contributed by atoms with Gasteiger partial charge in [0, 0.05) is 11.8 Å². The van der Waals surface area contributed by atoms with E-state index in [0.29, 0.717) is 23.7 Å². The molecule has 112 valence electrons. The molecular formula is C15H28N4O+2. The number of hydrogen-bond acceptors (Lipinski definition) is 3. The average molecular weight is 280 g/mol. The van der Waals surface area contributed by atoms with Crippen LogP contribution in [0.5, 0.6) is 5.75 Å². The smallest absolute Gasteiger partial charge is 0.144 e. The van der Waals surface area contributed by atoms with Crippen molar-refractivity contribution in [3.05, 3.63) is 18.2 Å². The Morgan fingerprint density at radius 2 is 1.70 bits per heavy atom. The summed E-state index contributed by atoms with van der Waals surface area (Å²) in [6.07, 6.45) is 0. The molecule has 0 atom stereocenters. The van der Waals surface area contributed by atoms with Gasteiger partial charge in [-0.15, -0.1) is 0 Å². The van der Waals surface area contributed by atoms with Gasteiger partial charge in [0.05, 0.1) is 26.8 Å². The largest absolute Gasteiger partial charge is 0.485 e. The van der Waals surface area contributed by atoms with Crippen molar-refractivity contribution in [2.75, 3.05) is 71.9 Å². The van der Waals surface area contributed by atoms with E-state index in [9.17, 15) is 0 Å². The SMILES string of the molecule is C[N+]1(C)CC[N+](C)(CCOc2cc(N)ccc2N)CC1. The fourth-order valence-electron chi connectivity index (χ4n) is 2.52. The van der Waals surface area contributed by atoms with Gasteiger partial charge in [0.15, 0.2) is 0 Å². The van der Waals surface area contributed by atoms with E-state index in [1.165, 1.54) is 26.2 Å². The summed E-state index contributed by atoms with van der Waals surface area (Å²) in [6, 6.07) is 5.38. The van der Waals surface area contributed by atoms with Crippen LogP contribution in [0.15, 0.2) is 18.2 Å². The Labute approximate surface area is 121 Å². The minimum Gasteiger partial charge on any atom is -0.485 e. The molecule has 1 heterocycles. The molecule has 20 heavy (non-hydrogen) atoms. The molecule has 0 spiro atoms. The van der Waals surface area contributed by atoms with Crippen molar-refractivity contribution in [1.29, 1.82) is 0 Å². The van der Waals surface area contributed by atoms with Crippen LogP contribution in [0.2, 0.25) is 0 Å². The number of ether oxygens (including phenoxy) is 1. The summed E-state index contributed by atoms with van der Waals surface area (Å²) in [5.41, 5.74) is 13.0. The molecule has 1 aliphatic heterocycles. The number of nitrogen functional groups attached to an aromatic ring is 2. The highest BCUT2D eigenvalue weighted by molar-refractivity contribution is 5.59. The van der Waals surface area contributed by atoms with Crippen LogP contribution in [0.25, 0.3) is 0 Å². The number of piperazine rings is 1. The highest BCUT2D eigenvalue weighted by Gasteiger charge is 2.34. The third kappa shape index (κ3) is 3.77. The van der Waals surface area contributed by atoms with Gasteiger partial charge in [-0.05, 0) is 12.1 Å². The summed E-state index contributed by atoms with van der Waals surface area (Å²) >= 11 is 0. The molecule has 5 heteroatoms. The number of nitrogens with zero attached hydrogens (tertiary/aromatic N) is 2. The lowest BCUT2D eigenvalue weighted by molar-refractivity contribution is -1.01. The lowest BCUT2D eigenvalue weighted by atomic mass is 10.2. The predicted octanol–water partition coefficient (Wildman–Crippen LogP) is 0.766. The first-order valence-electron chi connectivity index (χ1n) is 7.23. The number of likely N-dealkylation sites (N-methyl/N-ethyl adjacent to an activating group) is 2. The van der Waals surface area contributed by atoms with Gasteiger partial charge in [0.25, 0.3) is 0 Å². The zero-order valence-corrected chi connectivity index (χ0v) is 12.9. The topological polar surface area (TPSA) is 61.3 Å². The van der Waals surface area contributed by atoms with Crippen LogP contribution < -0.4 is 16.2 Å². The second kappa shape index (κ2) is 5.50. The van der Waals surface area contributed by atoms with Crippen molar-refractivity contribution in [2.24, 2.45) is 0 Å². The first-order valence-corrected chi connectivity index (χ1v) is 7.23. The zero-order valence-electron chi connectivity index (χ0n) is 12.9. The fourth-order valence-corrected chi connectivity index (χ4v) is 2.52. The van der Waals surface area contributed by atoms with Crippen molar-refractivity contribution in [3.63, 3.8) is 0 Å². The number of quaternary nitrogens is 2. The summed E-state index contributed by atoms with van der Waals surface area (Å²) in [7, 11) is 6.91. The number of benzene rings is 1. The lowest BCUT2D eigenvalue weighted by Gasteiger charge is -2.44. The molecule has 4 N–H and O–H groups in total. The molecular weight excluding hydrogens is 252 g/mol. The predicted molar refractivity (Wildman–Crippen MR) is 83.4 cm³/mol. The molecule has 0 aromatic heterocycles. The van der Waals surface area contributed by atoms with Crippen molar-refractivity contribution >= 4 is 11.4 Å². The minimum atomic E-state index is 0.651. The van der Waals surface area contributed by atoms with E-state index in [4.69, 9.17) is 16.2 Å². The molecule has 0 radical (unpaired) electrons. The number of anilines is 2. The van der Waals surface area contributed by atoms with Gasteiger partial charge in [-0.1, -0.05) is 0 Å². The van der Waals surface area contributed by atoms with Crippen LogP contribution in [0.1, 0.15) is 0 Å². The normalized spacial score (nSPS) is 20.6. The molecule has 1 fully saturated rings. The maximum atomic E-state index is 5.89. The Kier molecular flexibility index (Phi) is 4.11. The highest BCUT2D eigenvalue weighted by Crippen LogP contribution is 2.24. The first kappa shape index (κ1) is 14.9. The third-order valence-corrected chi connectivity index (χ3v) is 4.42. The van der Waals surface area contributed by atoms with Crippen molar-refractivity contribution < 1.29 is 13.7 Å². The van der Waals surface area contributed by atoms with Crippen LogP contribution in [-0.2, 0) is 0 Å². The molecule has 0 unspecified atom stereocenters. The Hall–Kier alpha value is -1.46. The van der Waals surface area contributed by atoms with Gasteiger partial charge in [-0.3, -0.25) is 0 Å². The minimum absolute atomic E-state index is 0.651. The van der Waals surface area contributed by atoms with E-state index < -0.39 is 0 Å². The average Bonchev–Trinajstić information content (AvgIpc) is 2.38. The van der Waals surface area contributed by atoms with E-state index >= 15 is 0 Å². The standard InChI is InChI=1S/C15H28N4O/c1-18(2)6-8-19(3,9-7-18)10-11-20-15-12-13(16)4-5-14(15)17/h4-5,12H,6-11,16-17H2,1-3H3/q+2. The van der Waals surface area contributed by atoms with Gasteiger partial charge >= 0.3 is 0 Å². The molecule has 1 aliphatic rings. The molecule has 2 rings (SSSR count). The Morgan fingerprint density at radius 3 is 2.35 bits per heavy atom. The van der Waals surface area contributed by atoms with E-state index in [0.717, 1.165) is 15.5 Å². The molecule has 5 nitrogen and oxygen atoms in total. The van der Waals surface area contributed by atoms with Crippen LogP contribution in [0, 0.1) is 0 Å². The fraction of sp³-hybridized carbons (Fsp3) is 0.600. The summed E-state index contributed by atoms with van der Waals surface area (Å²) in [5.74, 6) is 0.699. The summed E-state index contributed by atoms with van der Waals surface area (Å²) in [4.78, 5) is 0. The number of hydrogen-bond donors (Lipinski definition) is 2. The second-order valence-corrected chi connectivity index (χ2v) is 6.82. The van der Waals surface area contributed by atoms with Gasteiger partial charge in [0.2, 0.25) is 0 Å². The van der Waals surface area contributed by atoms with E-state index in [-0.39, 0.29) is 0 Å². The van der Waals surface area contributed by atoms with Gasteiger partial charge < -0.3 is 25.2 Å². The molecule has 0 aliphatic carbocycles. The highest BCUT2D eigenvalue weighted by atomic mass is 16.5. The molecule has 1 aromatic carbocycles. The maximum absolute atomic E-state index is 5.89. The van der Waals surface area contributed by atoms with Gasteiger partial charge in [-0.2, -0.15) is 0 Å². The van der Waals surface area contributed by atoms with Crippen molar-refractivity contribution in [1.82, 2.24) is 0 Å². The molecule has 1 saturated heterocycles. The Bertz CT molecular complexity index is 463. The summed E-state index contributed by atoms with van der Waals surface area (Å²) in [6.45, 7) is 6.52. The zero-order chi connectivity index (χ0) is 14.8. The van der Waals surface area contributed by atoms with Crippen LogP contribution in [0.4, 0.5) is 11.4 Å². The van der Waals surface area contributed by atoms with Crippen molar-refractivity contribution in [3.8, 4) is 5.75 Å². The number of nitrogens with two attached hydrogens (primary N) is 2. The Morgan fingerprint density at radius 1 is 1.05 bits per heavy atom. The first-order chi connectivity index (χ1) is 9.30. The molecule has 1 aromatic rings. The Balaban J connectivity index is 1.85. The molecule has 0 amide bonds. The van der Waals surface area contributed by atoms with Gasteiger partial charge in [-0.25, -0.2) is 0 Å². The third-order valence-electron chi connectivity index (χ3n) is 4.42. The molecule has 0 saturated carbocycles. The van der Waals surface area contributed by atoms with E-state index in [2.05, 4.69) is 21.1 Å². The second-order valence-electron chi connectivity index (χ2n) is 6.82. The lowest BCUT2D eigenvalue weighted by Crippen LogP contribution is -2.63. The van der Waals surface area contributed by atoms with E-state index in [1.54, 1.807) is 18.2 Å². The van der Waals surface area contributed by atoms with Crippen LogP contribution in [0.3, 0.4) is 0 Å². The summed E-state index contributed by atoms with van der Waals surface area (Å²) < 4.78 is 8.01. The molecule has 0 bridgehead atoms.